The van der Waals surface area contributed by atoms with Crippen molar-refractivity contribution in [2.75, 3.05) is 24.9 Å². The van der Waals surface area contributed by atoms with Gasteiger partial charge in [0.2, 0.25) is 0 Å². The van der Waals surface area contributed by atoms with E-state index in [1.165, 1.54) is 0 Å². The second-order valence-electron chi connectivity index (χ2n) is 13.6. The molecular formula is C42H40F3N7O5. The maximum Gasteiger partial charge on any atom is 0.416 e. The summed E-state index contributed by atoms with van der Waals surface area (Å²) in [6.45, 7) is 0.539. The number of carbonyl (C=O) groups is 2. The number of aromatic nitrogens is 4. The van der Waals surface area contributed by atoms with Crippen molar-refractivity contribution in [3.05, 3.63) is 126 Å². The van der Waals surface area contributed by atoms with Crippen LogP contribution in [0, 0.1) is 0 Å². The zero-order chi connectivity index (χ0) is 39.9. The predicted octanol–water partition coefficient (Wildman–Crippen LogP) is 8.80. The minimum Gasteiger partial charge on any atom is -0.497 e. The number of ether oxygens (including phenoxy) is 3. The molecule has 2 atom stereocenters. The van der Waals surface area contributed by atoms with Crippen LogP contribution in [0.4, 0.5) is 29.6 Å². The Labute approximate surface area is 326 Å². The van der Waals surface area contributed by atoms with Gasteiger partial charge in [-0.2, -0.15) is 18.3 Å². The van der Waals surface area contributed by atoms with Gasteiger partial charge in [-0.25, -0.2) is 14.8 Å². The van der Waals surface area contributed by atoms with E-state index in [2.05, 4.69) is 20.9 Å². The molecule has 2 amide bonds. The number of methoxy groups -OCH3 is 2. The number of carbonyl (C=O) groups excluding carboxylic acids is 2. The standard InChI is InChI=1S/C42H40F3N7O5/c1-55-33-16-15-29(35(23-33)56-2)24-48-39-37-34(18-20-47-39)52(32-10-6-9-31(22-32)49-41(54)57-25-26-7-4-3-5-8-26)51-38(37)27-11-13-28(14-12-27)40(53)50-36-21-30(17-19-46-36)42(43,44)45/h3-5,7-8,11-21,23,31-32H,6,9-10,22,24-25H2,1-2H3,(H,47,48)(H,49,54)(H,46,50,53)/t31-,32-/m1/s1. The van der Waals surface area contributed by atoms with Gasteiger partial charge in [-0.3, -0.25) is 9.48 Å². The lowest BCUT2D eigenvalue weighted by atomic mass is 9.91. The fraction of sp³-hybridized carbons (Fsp3) is 0.262. The van der Waals surface area contributed by atoms with E-state index in [1.54, 1.807) is 50.7 Å². The highest BCUT2D eigenvalue weighted by Gasteiger charge is 2.31. The average molecular weight is 780 g/mol. The third-order valence-corrected chi connectivity index (χ3v) is 9.84. The van der Waals surface area contributed by atoms with Crippen LogP contribution in [0.2, 0.25) is 0 Å². The van der Waals surface area contributed by atoms with Gasteiger partial charge in [0.1, 0.15) is 35.4 Å². The van der Waals surface area contributed by atoms with Gasteiger partial charge in [0, 0.05) is 47.7 Å². The molecule has 0 radical (unpaired) electrons. The number of hydrogen-bond donors (Lipinski definition) is 3. The number of nitrogens with one attached hydrogen (secondary N) is 3. The van der Waals surface area contributed by atoms with Crippen molar-refractivity contribution in [3.8, 4) is 22.8 Å². The van der Waals surface area contributed by atoms with E-state index >= 15 is 0 Å². The van der Waals surface area contributed by atoms with Crippen LogP contribution in [-0.2, 0) is 24.1 Å². The van der Waals surface area contributed by atoms with Crippen LogP contribution in [0.25, 0.3) is 22.2 Å². The fourth-order valence-electron chi connectivity index (χ4n) is 6.97. The summed E-state index contributed by atoms with van der Waals surface area (Å²) in [6, 6.07) is 25.0. The van der Waals surface area contributed by atoms with Crippen molar-refractivity contribution >= 4 is 34.5 Å². The van der Waals surface area contributed by atoms with Gasteiger partial charge in [-0.15, -0.1) is 0 Å². The van der Waals surface area contributed by atoms with Crippen LogP contribution in [-0.4, -0.2) is 52.0 Å². The van der Waals surface area contributed by atoms with Crippen LogP contribution < -0.4 is 25.4 Å². The molecule has 3 N–H and O–H groups in total. The first kappa shape index (κ1) is 38.6. The van der Waals surface area contributed by atoms with Crippen molar-refractivity contribution in [3.63, 3.8) is 0 Å². The monoisotopic (exact) mass is 779 g/mol. The van der Waals surface area contributed by atoms with Crippen LogP contribution >= 0.6 is 0 Å². The highest BCUT2D eigenvalue weighted by molar-refractivity contribution is 6.05. The van der Waals surface area contributed by atoms with Crippen LogP contribution in [0.3, 0.4) is 0 Å². The number of hydrogen-bond acceptors (Lipinski definition) is 9. The third-order valence-electron chi connectivity index (χ3n) is 9.84. The van der Waals surface area contributed by atoms with Crippen LogP contribution in [0.5, 0.6) is 11.5 Å². The summed E-state index contributed by atoms with van der Waals surface area (Å²) < 4.78 is 58.2. The van der Waals surface area contributed by atoms with Gasteiger partial charge in [0.25, 0.3) is 5.91 Å². The second kappa shape index (κ2) is 17.0. The van der Waals surface area contributed by atoms with Crippen molar-refractivity contribution in [2.45, 2.75) is 57.1 Å². The Morgan fingerprint density at radius 1 is 0.895 bits per heavy atom. The second-order valence-corrected chi connectivity index (χ2v) is 13.6. The van der Waals surface area contributed by atoms with Crippen LogP contribution in [0.15, 0.2) is 103 Å². The maximum atomic E-state index is 13.3. The van der Waals surface area contributed by atoms with Crippen molar-refractivity contribution in [1.29, 1.82) is 0 Å². The Bertz CT molecular complexity index is 2350. The lowest BCUT2D eigenvalue weighted by molar-refractivity contribution is -0.137. The third kappa shape index (κ3) is 9.09. The molecule has 1 fully saturated rings. The van der Waals surface area contributed by atoms with E-state index in [9.17, 15) is 22.8 Å². The van der Waals surface area contributed by atoms with E-state index in [1.807, 2.05) is 53.2 Å². The first-order valence-electron chi connectivity index (χ1n) is 18.3. The predicted molar refractivity (Wildman–Crippen MR) is 208 cm³/mol. The molecular weight excluding hydrogens is 739 g/mol. The zero-order valence-corrected chi connectivity index (χ0v) is 31.2. The van der Waals surface area contributed by atoms with Crippen LogP contribution in [0.1, 0.15) is 58.8 Å². The summed E-state index contributed by atoms with van der Waals surface area (Å²) in [6.07, 6.45) is 0.736. The van der Waals surface area contributed by atoms with Crippen molar-refractivity contribution < 1.29 is 37.0 Å². The van der Waals surface area contributed by atoms with E-state index in [0.717, 1.165) is 59.6 Å². The molecule has 6 aromatic rings. The largest absolute Gasteiger partial charge is 0.497 e. The van der Waals surface area contributed by atoms with Gasteiger partial charge < -0.3 is 30.2 Å². The molecule has 3 heterocycles. The summed E-state index contributed by atoms with van der Waals surface area (Å²) in [7, 11) is 3.18. The highest BCUT2D eigenvalue weighted by atomic mass is 19.4. The average Bonchev–Trinajstić information content (AvgIpc) is 3.63. The number of alkyl halides is 3. The normalized spacial score (nSPS) is 15.5. The van der Waals surface area contributed by atoms with Gasteiger partial charge in [0.15, 0.2) is 0 Å². The summed E-state index contributed by atoms with van der Waals surface area (Å²) >= 11 is 0. The summed E-state index contributed by atoms with van der Waals surface area (Å²) in [5, 5.41) is 14.9. The molecule has 1 saturated carbocycles. The van der Waals surface area contributed by atoms with Gasteiger partial charge in [-0.05, 0) is 73.7 Å². The molecule has 0 bridgehead atoms. The molecule has 294 valence electrons. The molecule has 1 aliphatic carbocycles. The number of nitrogens with zero attached hydrogens (tertiary/aromatic N) is 4. The number of amides is 2. The molecule has 0 unspecified atom stereocenters. The number of rotatable bonds is 12. The van der Waals surface area contributed by atoms with E-state index in [-0.39, 0.29) is 30.1 Å². The number of alkyl carbamates (subject to hydrolysis) is 1. The molecule has 0 spiro atoms. The number of benzene rings is 3. The quantitative estimate of drug-likeness (QED) is 0.111. The Morgan fingerprint density at radius 3 is 2.44 bits per heavy atom. The summed E-state index contributed by atoms with van der Waals surface area (Å²) in [5.74, 6) is 1.03. The SMILES string of the molecule is COc1ccc(CNc2nccc3c2c(-c2ccc(C(=O)Nc4cc(C(F)(F)F)ccn4)cc2)nn3[C@@H]2CCC[C@@H](NC(=O)OCc3ccccc3)C2)c(OC)c1. The Kier molecular flexibility index (Phi) is 11.5. The fourth-order valence-corrected chi connectivity index (χ4v) is 6.97. The zero-order valence-electron chi connectivity index (χ0n) is 31.2. The summed E-state index contributed by atoms with van der Waals surface area (Å²) in [5.41, 5.74) is 3.17. The van der Waals surface area contributed by atoms with E-state index in [0.29, 0.717) is 41.5 Å². The molecule has 0 saturated heterocycles. The Hall–Kier alpha value is -6.64. The lowest BCUT2D eigenvalue weighted by Crippen LogP contribution is -2.39. The van der Waals surface area contributed by atoms with Crippen molar-refractivity contribution in [1.82, 2.24) is 25.1 Å². The number of halogens is 3. The number of anilines is 2. The van der Waals surface area contributed by atoms with E-state index in [4.69, 9.17) is 24.3 Å². The smallest absolute Gasteiger partial charge is 0.416 e. The Balaban J connectivity index is 1.17. The molecule has 3 aromatic carbocycles. The summed E-state index contributed by atoms with van der Waals surface area (Å²) in [4.78, 5) is 34.5. The lowest BCUT2D eigenvalue weighted by Gasteiger charge is -2.30. The number of fused-ring (bicyclic) bond motifs is 1. The minimum atomic E-state index is -4.58. The van der Waals surface area contributed by atoms with Crippen molar-refractivity contribution in [2.24, 2.45) is 0 Å². The topological polar surface area (TPSA) is 142 Å². The first-order chi connectivity index (χ1) is 27.6. The van der Waals surface area contributed by atoms with E-state index < -0.39 is 23.7 Å². The highest BCUT2D eigenvalue weighted by Crippen LogP contribution is 2.38. The van der Waals surface area contributed by atoms with Gasteiger partial charge in [-0.1, -0.05) is 42.5 Å². The first-order valence-corrected chi connectivity index (χ1v) is 18.3. The molecule has 1 aliphatic rings. The minimum absolute atomic E-state index is 0.0728. The Morgan fingerprint density at radius 2 is 1.68 bits per heavy atom. The molecule has 57 heavy (non-hydrogen) atoms. The maximum absolute atomic E-state index is 13.3. The molecule has 3 aromatic heterocycles. The molecule has 12 nitrogen and oxygen atoms in total. The molecule has 0 aliphatic heterocycles. The van der Waals surface area contributed by atoms with Gasteiger partial charge in [0.05, 0.1) is 36.7 Å². The number of pyridine rings is 2. The van der Waals surface area contributed by atoms with Gasteiger partial charge >= 0.3 is 12.3 Å². The molecule has 15 heteroatoms. The molecule has 7 rings (SSSR count).